The van der Waals surface area contributed by atoms with Crippen LogP contribution in [0.2, 0.25) is 15.1 Å². The molecular formula is C20H13Cl3N2O3. The van der Waals surface area contributed by atoms with E-state index < -0.39 is 5.91 Å². The van der Waals surface area contributed by atoms with Gasteiger partial charge in [0.25, 0.3) is 5.91 Å². The summed E-state index contributed by atoms with van der Waals surface area (Å²) in [4.78, 5) is 28.3. The third kappa shape index (κ3) is 5.23. The lowest BCUT2D eigenvalue weighted by atomic mass is 10.0. The lowest BCUT2D eigenvalue weighted by molar-refractivity contribution is -0.118. The van der Waals surface area contributed by atoms with Gasteiger partial charge in [-0.25, -0.2) is 4.98 Å². The highest BCUT2D eigenvalue weighted by Crippen LogP contribution is 2.22. The number of amides is 1. The molecule has 28 heavy (non-hydrogen) atoms. The Kier molecular flexibility index (Phi) is 6.52. The fourth-order valence-corrected chi connectivity index (χ4v) is 2.85. The van der Waals surface area contributed by atoms with E-state index in [1.165, 1.54) is 12.3 Å². The Morgan fingerprint density at radius 3 is 2.11 bits per heavy atom. The smallest absolute Gasteiger partial charge is 0.263 e. The zero-order valence-corrected chi connectivity index (χ0v) is 16.6. The van der Waals surface area contributed by atoms with Gasteiger partial charge in [0, 0.05) is 22.3 Å². The van der Waals surface area contributed by atoms with E-state index >= 15 is 0 Å². The summed E-state index contributed by atoms with van der Waals surface area (Å²) in [6, 6.07) is 14.6. The molecule has 1 N–H and O–H groups in total. The maximum atomic E-state index is 12.4. The molecule has 1 heterocycles. The predicted molar refractivity (Wildman–Crippen MR) is 110 cm³/mol. The predicted octanol–water partition coefficient (Wildman–Crippen LogP) is 5.29. The maximum absolute atomic E-state index is 12.4. The molecule has 0 saturated heterocycles. The number of aromatic nitrogens is 1. The number of halogens is 3. The highest BCUT2D eigenvalue weighted by atomic mass is 35.5. The largest absolute Gasteiger partial charge is 0.484 e. The number of rotatable bonds is 6. The van der Waals surface area contributed by atoms with E-state index in [9.17, 15) is 9.59 Å². The first-order valence-electron chi connectivity index (χ1n) is 8.06. The SMILES string of the molecule is O=C(COc1ccc(C(=O)c2ccc(Cl)cc2)cc1)Nc1ncc(Cl)cc1Cl. The van der Waals surface area contributed by atoms with Crippen molar-refractivity contribution in [3.63, 3.8) is 0 Å². The summed E-state index contributed by atoms with van der Waals surface area (Å²) in [6.07, 6.45) is 1.38. The van der Waals surface area contributed by atoms with Gasteiger partial charge in [-0.15, -0.1) is 0 Å². The Balaban J connectivity index is 1.57. The van der Waals surface area contributed by atoms with Crippen molar-refractivity contribution in [1.82, 2.24) is 4.98 Å². The van der Waals surface area contributed by atoms with Gasteiger partial charge in [-0.05, 0) is 54.6 Å². The van der Waals surface area contributed by atoms with Gasteiger partial charge in [0.1, 0.15) is 5.75 Å². The number of carbonyl (C=O) groups excluding carboxylic acids is 2. The van der Waals surface area contributed by atoms with E-state index in [1.807, 2.05) is 0 Å². The van der Waals surface area contributed by atoms with Crippen LogP contribution in [0.25, 0.3) is 0 Å². The van der Waals surface area contributed by atoms with Crippen molar-refractivity contribution in [1.29, 1.82) is 0 Å². The van der Waals surface area contributed by atoms with Gasteiger partial charge < -0.3 is 10.1 Å². The Labute approximate surface area is 176 Å². The number of carbonyl (C=O) groups is 2. The monoisotopic (exact) mass is 434 g/mol. The first-order valence-corrected chi connectivity index (χ1v) is 9.20. The second-order valence-corrected chi connectivity index (χ2v) is 6.96. The van der Waals surface area contributed by atoms with Gasteiger partial charge in [0.05, 0.1) is 10.0 Å². The molecule has 0 aliphatic heterocycles. The van der Waals surface area contributed by atoms with Gasteiger partial charge in [0.2, 0.25) is 0 Å². The van der Waals surface area contributed by atoms with Crippen molar-refractivity contribution < 1.29 is 14.3 Å². The number of ketones is 1. The molecule has 0 unspecified atom stereocenters. The molecule has 142 valence electrons. The van der Waals surface area contributed by atoms with E-state index in [2.05, 4.69) is 10.3 Å². The normalized spacial score (nSPS) is 10.4. The summed E-state index contributed by atoms with van der Waals surface area (Å²) in [6.45, 7) is -0.245. The van der Waals surface area contributed by atoms with E-state index in [0.717, 1.165) is 0 Å². The molecule has 0 radical (unpaired) electrons. The van der Waals surface area contributed by atoms with Crippen LogP contribution < -0.4 is 10.1 Å². The molecule has 0 spiro atoms. The molecule has 8 heteroatoms. The van der Waals surface area contributed by atoms with Crippen molar-refractivity contribution in [2.75, 3.05) is 11.9 Å². The van der Waals surface area contributed by atoms with Crippen LogP contribution in [0.3, 0.4) is 0 Å². The highest BCUT2D eigenvalue weighted by Gasteiger charge is 2.11. The number of ether oxygens (including phenoxy) is 1. The Bertz CT molecular complexity index is 1010. The lowest BCUT2D eigenvalue weighted by Gasteiger charge is -2.09. The minimum atomic E-state index is -0.432. The Hall–Kier alpha value is -2.60. The van der Waals surface area contributed by atoms with Crippen LogP contribution in [-0.4, -0.2) is 23.3 Å². The zero-order chi connectivity index (χ0) is 20.1. The minimum absolute atomic E-state index is 0.135. The second-order valence-electron chi connectivity index (χ2n) is 5.68. The Morgan fingerprint density at radius 2 is 1.50 bits per heavy atom. The van der Waals surface area contributed by atoms with Crippen molar-refractivity contribution in [3.8, 4) is 5.75 Å². The number of anilines is 1. The average Bonchev–Trinajstić information content (AvgIpc) is 2.69. The molecule has 0 bridgehead atoms. The number of hydrogen-bond acceptors (Lipinski definition) is 4. The molecule has 5 nitrogen and oxygen atoms in total. The molecule has 3 rings (SSSR count). The standard InChI is InChI=1S/C20H13Cl3N2O3/c21-14-5-1-12(2-6-14)19(27)13-3-7-16(8-4-13)28-11-18(26)25-20-17(23)9-15(22)10-24-20/h1-10H,11H2,(H,24,25,26). The Morgan fingerprint density at radius 1 is 0.893 bits per heavy atom. The van der Waals surface area contributed by atoms with Gasteiger partial charge in [-0.2, -0.15) is 0 Å². The number of hydrogen-bond donors (Lipinski definition) is 1. The molecular weight excluding hydrogens is 423 g/mol. The number of pyridine rings is 1. The molecule has 1 amide bonds. The lowest BCUT2D eigenvalue weighted by Crippen LogP contribution is -2.21. The quantitative estimate of drug-likeness (QED) is 0.534. The van der Waals surface area contributed by atoms with Crippen molar-refractivity contribution >= 4 is 52.3 Å². The number of nitrogens with one attached hydrogen (secondary N) is 1. The third-order valence-corrected chi connectivity index (χ3v) is 4.41. The van der Waals surface area contributed by atoms with Crippen LogP contribution >= 0.6 is 34.8 Å². The molecule has 2 aromatic carbocycles. The average molecular weight is 436 g/mol. The van der Waals surface area contributed by atoms with Crippen molar-refractivity contribution in [3.05, 3.63) is 87.0 Å². The van der Waals surface area contributed by atoms with E-state index in [-0.39, 0.29) is 23.2 Å². The summed E-state index contributed by atoms with van der Waals surface area (Å²) in [5.41, 5.74) is 1.03. The molecule has 0 atom stereocenters. The molecule has 0 aliphatic carbocycles. The molecule has 0 aliphatic rings. The van der Waals surface area contributed by atoms with Crippen molar-refractivity contribution in [2.24, 2.45) is 0 Å². The minimum Gasteiger partial charge on any atom is -0.484 e. The second kappa shape index (κ2) is 9.06. The molecule has 0 fully saturated rings. The van der Waals surface area contributed by atoms with E-state index in [1.54, 1.807) is 48.5 Å². The third-order valence-electron chi connectivity index (χ3n) is 3.66. The number of benzene rings is 2. The van der Waals surface area contributed by atoms with Gasteiger partial charge in [-0.1, -0.05) is 34.8 Å². The van der Waals surface area contributed by atoms with Gasteiger partial charge in [-0.3, -0.25) is 9.59 Å². The van der Waals surface area contributed by atoms with Gasteiger partial charge in [0.15, 0.2) is 18.2 Å². The first kappa shape index (κ1) is 20.1. The zero-order valence-electron chi connectivity index (χ0n) is 14.3. The van der Waals surface area contributed by atoms with Crippen LogP contribution in [-0.2, 0) is 4.79 Å². The molecule has 3 aromatic rings. The maximum Gasteiger partial charge on any atom is 0.263 e. The first-order chi connectivity index (χ1) is 13.4. The number of nitrogens with zero attached hydrogens (tertiary/aromatic N) is 1. The molecule has 0 saturated carbocycles. The van der Waals surface area contributed by atoms with Crippen LogP contribution in [0, 0.1) is 0 Å². The van der Waals surface area contributed by atoms with Gasteiger partial charge >= 0.3 is 0 Å². The van der Waals surface area contributed by atoms with Crippen LogP contribution in [0.15, 0.2) is 60.8 Å². The van der Waals surface area contributed by atoms with E-state index in [4.69, 9.17) is 39.5 Å². The molecule has 1 aromatic heterocycles. The highest BCUT2D eigenvalue weighted by molar-refractivity contribution is 6.36. The topological polar surface area (TPSA) is 68.3 Å². The van der Waals surface area contributed by atoms with Crippen LogP contribution in [0.1, 0.15) is 15.9 Å². The summed E-state index contributed by atoms with van der Waals surface area (Å²) in [5, 5.41) is 3.69. The summed E-state index contributed by atoms with van der Waals surface area (Å²) in [5.74, 6) is 0.0731. The van der Waals surface area contributed by atoms with Crippen LogP contribution in [0.5, 0.6) is 5.75 Å². The summed E-state index contributed by atoms with van der Waals surface area (Å²) in [7, 11) is 0. The summed E-state index contributed by atoms with van der Waals surface area (Å²) >= 11 is 17.5. The van der Waals surface area contributed by atoms with Crippen molar-refractivity contribution in [2.45, 2.75) is 0 Å². The fourth-order valence-electron chi connectivity index (χ4n) is 2.29. The van der Waals surface area contributed by atoms with E-state index in [0.29, 0.717) is 26.9 Å². The summed E-state index contributed by atoms with van der Waals surface area (Å²) < 4.78 is 5.42. The van der Waals surface area contributed by atoms with Crippen LogP contribution in [0.4, 0.5) is 5.82 Å². The fraction of sp³-hybridized carbons (Fsp3) is 0.0500.